The molecule has 4 saturated heterocycles. The topological polar surface area (TPSA) is 27.7 Å². The summed E-state index contributed by atoms with van der Waals surface area (Å²) in [7, 11) is 0. The van der Waals surface area contributed by atoms with E-state index in [2.05, 4.69) is 76.2 Å². The highest BCUT2D eigenvalue weighted by Gasteiger charge is 2.85. The Kier molecular flexibility index (Phi) is 2.82. The quantitative estimate of drug-likeness (QED) is 0.804. The van der Waals surface area contributed by atoms with Crippen LogP contribution in [0.5, 0.6) is 0 Å². The van der Waals surface area contributed by atoms with E-state index in [1.807, 2.05) is 12.1 Å². The number of benzene rings is 2. The third-order valence-electron chi connectivity index (χ3n) is 6.88. The fourth-order valence-electron chi connectivity index (χ4n) is 5.57. The van der Waals surface area contributed by atoms with Gasteiger partial charge in [-0.25, -0.2) is 0 Å². The Morgan fingerprint density at radius 2 is 0.960 bits per heavy atom. The fraction of sp³-hybridized carbons (Fsp3) is 0.455. The van der Waals surface area contributed by atoms with Crippen LogP contribution in [0.25, 0.3) is 0 Å². The van der Waals surface area contributed by atoms with Gasteiger partial charge in [0.2, 0.25) is 0 Å². The molecule has 6 rings (SSSR count). The molecule has 0 saturated carbocycles. The van der Waals surface area contributed by atoms with Crippen LogP contribution in [-0.4, -0.2) is 11.6 Å². The molecule has 2 aromatic carbocycles. The van der Waals surface area contributed by atoms with Crippen molar-refractivity contribution in [3.8, 4) is 0 Å². The van der Waals surface area contributed by atoms with Crippen LogP contribution >= 0.6 is 0 Å². The van der Waals surface area contributed by atoms with Gasteiger partial charge in [0, 0.05) is 11.8 Å². The molecule has 0 amide bonds. The van der Waals surface area contributed by atoms with Crippen molar-refractivity contribution in [3.05, 3.63) is 71.8 Å². The molecule has 3 heteroatoms. The van der Waals surface area contributed by atoms with Crippen molar-refractivity contribution in [1.82, 2.24) is 0 Å². The zero-order valence-corrected chi connectivity index (χ0v) is 15.2. The first kappa shape index (κ1) is 15.6. The summed E-state index contributed by atoms with van der Waals surface area (Å²) in [5, 5.41) is 0. The van der Waals surface area contributed by atoms with Crippen LogP contribution in [0.4, 0.5) is 0 Å². The Labute approximate surface area is 148 Å². The third kappa shape index (κ3) is 1.54. The van der Waals surface area contributed by atoms with Gasteiger partial charge in [0.25, 0.3) is 0 Å². The number of rotatable bonds is 2. The van der Waals surface area contributed by atoms with Gasteiger partial charge in [-0.05, 0) is 25.0 Å². The van der Waals surface area contributed by atoms with E-state index >= 15 is 0 Å². The maximum atomic E-state index is 6.81. The minimum absolute atomic E-state index is 0.0561. The minimum Gasteiger partial charge on any atom is -0.335 e. The molecule has 4 aliphatic heterocycles. The standard InChI is InChI=1S/C22H24O3/c1-15-19(3)23-20(4)16(2)22(24-19,18-13-9-6-10-14-18)21(15,25-20)17-11-7-5-8-12-17/h5-16H,1-4H3/t15-,16-,19-,20-,21+,22+/m1/s1. The van der Waals surface area contributed by atoms with Crippen molar-refractivity contribution in [1.29, 1.82) is 0 Å². The van der Waals surface area contributed by atoms with Crippen LogP contribution in [0.3, 0.4) is 0 Å². The van der Waals surface area contributed by atoms with E-state index in [-0.39, 0.29) is 11.8 Å². The fourth-order valence-corrected chi connectivity index (χ4v) is 5.57. The molecule has 0 unspecified atom stereocenters. The molecule has 0 N–H and O–H groups in total. The molecule has 4 aliphatic rings. The first-order valence-electron chi connectivity index (χ1n) is 9.11. The van der Waals surface area contributed by atoms with E-state index in [0.717, 1.165) is 11.1 Å². The Morgan fingerprint density at radius 1 is 0.600 bits per heavy atom. The maximum absolute atomic E-state index is 6.81. The van der Waals surface area contributed by atoms with Gasteiger partial charge in [0.05, 0.1) is 0 Å². The molecule has 4 fully saturated rings. The van der Waals surface area contributed by atoms with Gasteiger partial charge in [0.15, 0.2) is 11.6 Å². The van der Waals surface area contributed by atoms with Crippen LogP contribution in [-0.2, 0) is 25.4 Å². The van der Waals surface area contributed by atoms with Gasteiger partial charge in [-0.3, -0.25) is 0 Å². The summed E-state index contributed by atoms with van der Waals surface area (Å²) in [5.74, 6) is -1.24. The van der Waals surface area contributed by atoms with Crippen molar-refractivity contribution in [2.75, 3.05) is 0 Å². The smallest absolute Gasteiger partial charge is 0.176 e. The zero-order valence-electron chi connectivity index (χ0n) is 15.2. The van der Waals surface area contributed by atoms with Gasteiger partial charge in [-0.2, -0.15) is 0 Å². The van der Waals surface area contributed by atoms with E-state index < -0.39 is 22.8 Å². The summed E-state index contributed by atoms with van der Waals surface area (Å²) in [6.45, 7) is 8.50. The third-order valence-corrected chi connectivity index (χ3v) is 6.88. The lowest BCUT2D eigenvalue weighted by Gasteiger charge is -2.49. The predicted molar refractivity (Wildman–Crippen MR) is 94.6 cm³/mol. The molecule has 4 heterocycles. The number of hydrogen-bond donors (Lipinski definition) is 0. The number of ether oxygens (including phenoxy) is 3. The summed E-state index contributed by atoms with van der Waals surface area (Å²) in [5.41, 5.74) is 1.18. The van der Waals surface area contributed by atoms with E-state index in [1.165, 1.54) is 0 Å². The van der Waals surface area contributed by atoms with E-state index in [0.29, 0.717) is 0 Å². The predicted octanol–water partition coefficient (Wildman–Crippen LogP) is 4.57. The average molecular weight is 336 g/mol. The van der Waals surface area contributed by atoms with Crippen LogP contribution in [0.2, 0.25) is 0 Å². The van der Waals surface area contributed by atoms with Gasteiger partial charge >= 0.3 is 0 Å². The first-order valence-corrected chi connectivity index (χ1v) is 9.11. The summed E-state index contributed by atoms with van der Waals surface area (Å²) < 4.78 is 20.0. The molecule has 0 aliphatic carbocycles. The summed E-state index contributed by atoms with van der Waals surface area (Å²) >= 11 is 0. The van der Waals surface area contributed by atoms with Gasteiger partial charge in [0.1, 0.15) is 11.2 Å². The van der Waals surface area contributed by atoms with Gasteiger partial charge < -0.3 is 14.2 Å². The van der Waals surface area contributed by atoms with Crippen LogP contribution in [0.1, 0.15) is 38.8 Å². The molecule has 3 nitrogen and oxygen atoms in total. The molecular formula is C22H24O3. The SMILES string of the molecule is C[C@@H]1[C@]2(C)O[C@]3(C)O[C@@]1(c1ccccc1)[C@](c1ccccc1)(O2)[C@@H]3C. The highest BCUT2D eigenvalue weighted by atomic mass is 16.9. The molecule has 0 spiro atoms. The average Bonchev–Trinajstić information content (AvgIpc) is 2.86. The molecule has 6 atom stereocenters. The van der Waals surface area contributed by atoms with Crippen molar-refractivity contribution in [2.24, 2.45) is 11.8 Å². The molecule has 0 aromatic heterocycles. The van der Waals surface area contributed by atoms with Crippen molar-refractivity contribution in [2.45, 2.75) is 50.5 Å². The van der Waals surface area contributed by atoms with Gasteiger partial charge in [-0.1, -0.05) is 74.5 Å². The second-order valence-electron chi connectivity index (χ2n) is 7.98. The Bertz CT molecular complexity index is 752. The molecule has 4 bridgehead atoms. The summed E-state index contributed by atoms with van der Waals surface area (Å²) in [6, 6.07) is 21.0. The summed E-state index contributed by atoms with van der Waals surface area (Å²) in [4.78, 5) is 0. The molecule has 0 radical (unpaired) electrons. The second-order valence-corrected chi connectivity index (χ2v) is 7.98. The largest absolute Gasteiger partial charge is 0.335 e. The monoisotopic (exact) mass is 336 g/mol. The molecular weight excluding hydrogens is 312 g/mol. The zero-order chi connectivity index (χ0) is 17.5. The normalized spacial score (nSPS) is 47.4. The van der Waals surface area contributed by atoms with Crippen molar-refractivity contribution < 1.29 is 14.2 Å². The van der Waals surface area contributed by atoms with Crippen LogP contribution < -0.4 is 0 Å². The van der Waals surface area contributed by atoms with Crippen LogP contribution in [0, 0.1) is 11.8 Å². The highest BCUT2D eigenvalue weighted by Crippen LogP contribution is 2.76. The minimum atomic E-state index is -0.675. The Hall–Kier alpha value is -1.68. The molecule has 130 valence electrons. The van der Waals surface area contributed by atoms with Crippen molar-refractivity contribution in [3.63, 3.8) is 0 Å². The number of hydrogen-bond acceptors (Lipinski definition) is 3. The molecule has 2 aromatic rings. The Balaban J connectivity index is 1.87. The first-order chi connectivity index (χ1) is 11.9. The van der Waals surface area contributed by atoms with E-state index in [1.54, 1.807) is 0 Å². The second kappa shape index (κ2) is 4.53. The highest BCUT2D eigenvalue weighted by molar-refractivity contribution is 5.43. The lowest BCUT2D eigenvalue weighted by Crippen LogP contribution is -2.57. The van der Waals surface area contributed by atoms with Gasteiger partial charge in [-0.15, -0.1) is 0 Å². The maximum Gasteiger partial charge on any atom is 0.176 e. The van der Waals surface area contributed by atoms with E-state index in [4.69, 9.17) is 14.2 Å². The summed E-state index contributed by atoms with van der Waals surface area (Å²) in [6.07, 6.45) is 0. The van der Waals surface area contributed by atoms with Crippen molar-refractivity contribution >= 4 is 0 Å². The van der Waals surface area contributed by atoms with Crippen LogP contribution in [0.15, 0.2) is 60.7 Å². The van der Waals surface area contributed by atoms with E-state index in [9.17, 15) is 0 Å². The molecule has 25 heavy (non-hydrogen) atoms. The lowest BCUT2D eigenvalue weighted by molar-refractivity contribution is -0.421. The Morgan fingerprint density at radius 3 is 1.32 bits per heavy atom. The lowest BCUT2D eigenvalue weighted by atomic mass is 9.65.